The molecule has 0 atom stereocenters. The molecule has 0 spiro atoms. The van der Waals surface area contributed by atoms with Crippen LogP contribution in [0.25, 0.3) is 0 Å². The molecule has 0 aliphatic carbocycles. The second kappa shape index (κ2) is 5.69. The zero-order valence-corrected chi connectivity index (χ0v) is 11.6. The van der Waals surface area contributed by atoms with E-state index < -0.39 is 0 Å². The molecule has 0 unspecified atom stereocenters. The van der Waals surface area contributed by atoms with Gasteiger partial charge in [0.2, 0.25) is 0 Å². The summed E-state index contributed by atoms with van der Waals surface area (Å²) >= 11 is 0. The SMILES string of the molecule is CCCn1nccc1C(=O)N(C)Cc1ccnn1C. The molecule has 0 aliphatic rings. The summed E-state index contributed by atoms with van der Waals surface area (Å²) in [6, 6.07) is 3.67. The molecule has 2 heterocycles. The summed E-state index contributed by atoms with van der Waals surface area (Å²) in [6.07, 6.45) is 4.35. The third-order valence-electron chi connectivity index (χ3n) is 3.04. The molecule has 6 nitrogen and oxygen atoms in total. The second-order valence-corrected chi connectivity index (χ2v) is 4.55. The molecule has 0 N–H and O–H groups in total. The molecular formula is C13H19N5O. The van der Waals surface area contributed by atoms with Gasteiger partial charge in [0.25, 0.3) is 5.91 Å². The Morgan fingerprint density at radius 2 is 2.05 bits per heavy atom. The molecule has 2 rings (SSSR count). The number of aromatic nitrogens is 4. The minimum atomic E-state index is -0.0212. The molecule has 0 aliphatic heterocycles. The Bertz CT molecular complexity index is 557. The number of nitrogens with zero attached hydrogens (tertiary/aromatic N) is 5. The normalized spacial score (nSPS) is 10.7. The molecule has 0 saturated heterocycles. The second-order valence-electron chi connectivity index (χ2n) is 4.55. The van der Waals surface area contributed by atoms with Gasteiger partial charge in [-0.1, -0.05) is 6.92 Å². The average molecular weight is 261 g/mol. The van der Waals surface area contributed by atoms with Gasteiger partial charge in [-0.15, -0.1) is 0 Å². The highest BCUT2D eigenvalue weighted by molar-refractivity contribution is 5.92. The van der Waals surface area contributed by atoms with Crippen molar-refractivity contribution in [2.24, 2.45) is 7.05 Å². The fraction of sp³-hybridized carbons (Fsp3) is 0.462. The van der Waals surface area contributed by atoms with Crippen molar-refractivity contribution >= 4 is 5.91 Å². The van der Waals surface area contributed by atoms with Crippen LogP contribution >= 0.6 is 0 Å². The lowest BCUT2D eigenvalue weighted by molar-refractivity contribution is 0.0769. The van der Waals surface area contributed by atoms with Crippen LogP contribution in [-0.4, -0.2) is 37.4 Å². The smallest absolute Gasteiger partial charge is 0.272 e. The van der Waals surface area contributed by atoms with E-state index in [9.17, 15) is 4.79 Å². The van der Waals surface area contributed by atoms with Crippen LogP contribution in [0.3, 0.4) is 0 Å². The van der Waals surface area contributed by atoms with Crippen molar-refractivity contribution in [3.05, 3.63) is 35.9 Å². The van der Waals surface area contributed by atoms with Crippen LogP contribution < -0.4 is 0 Å². The highest BCUT2D eigenvalue weighted by Crippen LogP contribution is 2.08. The van der Waals surface area contributed by atoms with Crippen LogP contribution in [0.1, 0.15) is 29.5 Å². The molecule has 0 saturated carbocycles. The van der Waals surface area contributed by atoms with Crippen molar-refractivity contribution in [1.29, 1.82) is 0 Å². The van der Waals surface area contributed by atoms with E-state index in [1.165, 1.54) is 0 Å². The molecule has 2 aromatic heterocycles. The Balaban J connectivity index is 2.10. The highest BCUT2D eigenvalue weighted by atomic mass is 16.2. The Morgan fingerprint density at radius 1 is 1.32 bits per heavy atom. The van der Waals surface area contributed by atoms with Crippen molar-refractivity contribution in [3.63, 3.8) is 0 Å². The first-order valence-corrected chi connectivity index (χ1v) is 6.37. The van der Waals surface area contributed by atoms with E-state index in [-0.39, 0.29) is 5.91 Å². The summed E-state index contributed by atoms with van der Waals surface area (Å²) in [5.41, 5.74) is 1.63. The van der Waals surface area contributed by atoms with Crippen molar-refractivity contribution in [1.82, 2.24) is 24.5 Å². The summed E-state index contributed by atoms with van der Waals surface area (Å²) in [6.45, 7) is 3.36. The number of amides is 1. The third-order valence-corrected chi connectivity index (χ3v) is 3.04. The van der Waals surface area contributed by atoms with Gasteiger partial charge in [0, 0.05) is 33.0 Å². The van der Waals surface area contributed by atoms with Crippen LogP contribution in [0.4, 0.5) is 0 Å². The van der Waals surface area contributed by atoms with Crippen molar-refractivity contribution < 1.29 is 4.79 Å². The number of rotatable bonds is 5. The molecule has 1 amide bonds. The lowest BCUT2D eigenvalue weighted by atomic mass is 10.3. The Kier molecular flexibility index (Phi) is 3.99. The summed E-state index contributed by atoms with van der Waals surface area (Å²) in [5, 5.41) is 8.28. The zero-order chi connectivity index (χ0) is 13.8. The van der Waals surface area contributed by atoms with E-state index in [0.29, 0.717) is 12.2 Å². The molecule has 0 aromatic carbocycles. The molecule has 0 radical (unpaired) electrons. The summed E-state index contributed by atoms with van der Waals surface area (Å²) in [7, 11) is 3.66. The van der Waals surface area contributed by atoms with E-state index in [0.717, 1.165) is 18.7 Å². The molecule has 19 heavy (non-hydrogen) atoms. The van der Waals surface area contributed by atoms with Gasteiger partial charge in [-0.2, -0.15) is 10.2 Å². The minimum Gasteiger partial charge on any atom is -0.334 e. The van der Waals surface area contributed by atoms with Gasteiger partial charge < -0.3 is 4.90 Å². The minimum absolute atomic E-state index is 0.0212. The maximum absolute atomic E-state index is 12.4. The number of carbonyl (C=O) groups excluding carboxylic acids is 1. The molecule has 0 fully saturated rings. The van der Waals surface area contributed by atoms with E-state index in [2.05, 4.69) is 17.1 Å². The Labute approximate surface area is 112 Å². The average Bonchev–Trinajstić information content (AvgIpc) is 2.99. The summed E-state index contributed by atoms with van der Waals surface area (Å²) in [4.78, 5) is 14.1. The van der Waals surface area contributed by atoms with Crippen molar-refractivity contribution in [2.75, 3.05) is 7.05 Å². The molecule has 102 valence electrons. The molecule has 0 bridgehead atoms. The molecule has 6 heteroatoms. The maximum Gasteiger partial charge on any atom is 0.272 e. The van der Waals surface area contributed by atoms with Gasteiger partial charge >= 0.3 is 0 Å². The van der Waals surface area contributed by atoms with Gasteiger partial charge in [-0.25, -0.2) is 0 Å². The predicted octanol–water partition coefficient (Wildman–Crippen LogP) is 1.30. The van der Waals surface area contributed by atoms with Crippen LogP contribution in [0, 0.1) is 0 Å². The lowest BCUT2D eigenvalue weighted by Gasteiger charge is -2.17. The Morgan fingerprint density at radius 3 is 2.68 bits per heavy atom. The number of hydrogen-bond acceptors (Lipinski definition) is 3. The first-order valence-electron chi connectivity index (χ1n) is 6.37. The number of aryl methyl sites for hydroxylation is 2. The van der Waals surface area contributed by atoms with Crippen LogP contribution in [0.5, 0.6) is 0 Å². The quantitative estimate of drug-likeness (QED) is 0.815. The van der Waals surface area contributed by atoms with Gasteiger partial charge in [-0.3, -0.25) is 14.2 Å². The monoisotopic (exact) mass is 261 g/mol. The zero-order valence-electron chi connectivity index (χ0n) is 11.6. The first kappa shape index (κ1) is 13.3. The van der Waals surface area contributed by atoms with Crippen LogP contribution in [-0.2, 0) is 20.1 Å². The van der Waals surface area contributed by atoms with Crippen LogP contribution in [0.2, 0.25) is 0 Å². The molecular weight excluding hydrogens is 242 g/mol. The fourth-order valence-corrected chi connectivity index (χ4v) is 1.97. The van der Waals surface area contributed by atoms with Gasteiger partial charge in [0.1, 0.15) is 5.69 Å². The van der Waals surface area contributed by atoms with E-state index in [1.807, 2.05) is 13.1 Å². The lowest BCUT2D eigenvalue weighted by Crippen LogP contribution is -2.29. The topological polar surface area (TPSA) is 56.0 Å². The number of carbonyl (C=O) groups is 1. The van der Waals surface area contributed by atoms with Crippen molar-refractivity contribution in [2.45, 2.75) is 26.4 Å². The largest absolute Gasteiger partial charge is 0.334 e. The van der Waals surface area contributed by atoms with E-state index in [4.69, 9.17) is 0 Å². The van der Waals surface area contributed by atoms with E-state index in [1.54, 1.807) is 39.8 Å². The standard InChI is InChI=1S/C13H19N5O/c1-4-9-18-12(6-8-15-18)13(19)16(2)10-11-5-7-14-17(11)3/h5-8H,4,9-10H2,1-3H3. The molecule has 2 aromatic rings. The van der Waals surface area contributed by atoms with Gasteiger partial charge in [-0.05, 0) is 18.6 Å². The van der Waals surface area contributed by atoms with E-state index >= 15 is 0 Å². The number of hydrogen-bond donors (Lipinski definition) is 0. The van der Waals surface area contributed by atoms with Gasteiger partial charge in [0.05, 0.1) is 12.2 Å². The summed E-state index contributed by atoms with van der Waals surface area (Å²) < 4.78 is 3.52. The predicted molar refractivity (Wildman–Crippen MR) is 71.5 cm³/mol. The Hall–Kier alpha value is -2.11. The van der Waals surface area contributed by atoms with Gasteiger partial charge in [0.15, 0.2) is 0 Å². The third kappa shape index (κ3) is 2.83. The fourth-order valence-electron chi connectivity index (χ4n) is 1.97. The first-order chi connectivity index (χ1) is 9.13. The van der Waals surface area contributed by atoms with Crippen LogP contribution in [0.15, 0.2) is 24.5 Å². The maximum atomic E-state index is 12.4. The van der Waals surface area contributed by atoms with Crippen molar-refractivity contribution in [3.8, 4) is 0 Å². The summed E-state index contributed by atoms with van der Waals surface area (Å²) in [5.74, 6) is -0.0212. The highest BCUT2D eigenvalue weighted by Gasteiger charge is 2.17.